The summed E-state index contributed by atoms with van der Waals surface area (Å²) in [7, 11) is 0. The van der Waals surface area contributed by atoms with Gasteiger partial charge in [-0.15, -0.1) is 0 Å². The second-order valence-electron chi connectivity index (χ2n) is 7.62. The van der Waals surface area contributed by atoms with Gasteiger partial charge in [0.05, 0.1) is 12.6 Å². The van der Waals surface area contributed by atoms with Crippen molar-refractivity contribution in [2.75, 3.05) is 13.1 Å². The van der Waals surface area contributed by atoms with Crippen molar-refractivity contribution < 1.29 is 22.4 Å². The number of carbonyl (C=O) groups is 1. The van der Waals surface area contributed by atoms with Crippen LogP contribution in [0.1, 0.15) is 46.7 Å². The SMILES string of the molecule is CCC(c1ncc(C(F)(F)F)c(=O)n1Cc1ccccc1)N(CCN)C(=O)c1ccc(F)cc1. The molecule has 0 aliphatic carbocycles. The normalized spacial score (nSPS) is 12.4. The average molecular weight is 476 g/mol. The predicted octanol–water partition coefficient (Wildman–Crippen LogP) is 4.00. The highest BCUT2D eigenvalue weighted by atomic mass is 19.4. The van der Waals surface area contributed by atoms with E-state index in [0.29, 0.717) is 11.8 Å². The number of nitrogens with two attached hydrogens (primary N) is 1. The first-order chi connectivity index (χ1) is 16.2. The summed E-state index contributed by atoms with van der Waals surface area (Å²) in [6, 6.07) is 12.6. The molecule has 0 saturated carbocycles. The lowest BCUT2D eigenvalue weighted by atomic mass is 10.1. The van der Waals surface area contributed by atoms with Gasteiger partial charge in [-0.1, -0.05) is 37.3 Å². The molecule has 0 spiro atoms. The summed E-state index contributed by atoms with van der Waals surface area (Å²) in [6.45, 7) is 1.68. The Balaban J connectivity index is 2.14. The number of halogens is 4. The zero-order valence-electron chi connectivity index (χ0n) is 18.4. The molecule has 3 rings (SSSR count). The molecule has 1 atom stereocenters. The van der Waals surface area contributed by atoms with Crippen molar-refractivity contribution >= 4 is 5.91 Å². The minimum atomic E-state index is -4.89. The lowest BCUT2D eigenvalue weighted by Gasteiger charge is -2.32. The molecule has 6 nitrogen and oxygen atoms in total. The molecular weight excluding hydrogens is 452 g/mol. The van der Waals surface area contributed by atoms with Crippen LogP contribution in [0.15, 0.2) is 65.6 Å². The zero-order valence-corrected chi connectivity index (χ0v) is 18.4. The Morgan fingerprint density at radius 2 is 1.76 bits per heavy atom. The Morgan fingerprint density at radius 1 is 1.12 bits per heavy atom. The second kappa shape index (κ2) is 10.6. The molecule has 1 aromatic heterocycles. The van der Waals surface area contributed by atoms with E-state index in [-0.39, 0.29) is 37.4 Å². The molecule has 180 valence electrons. The predicted molar refractivity (Wildman–Crippen MR) is 119 cm³/mol. The third-order valence-corrected chi connectivity index (χ3v) is 5.35. The Hall–Kier alpha value is -3.53. The summed E-state index contributed by atoms with van der Waals surface area (Å²) in [5.74, 6) is -1.01. The van der Waals surface area contributed by atoms with Crippen LogP contribution in [0.4, 0.5) is 17.6 Å². The standard InChI is InChI=1S/C24H24F4N4O2/c1-2-20(31(13-12-29)22(33)17-8-10-18(25)11-9-17)21-30-14-19(24(26,27)28)23(34)32(21)15-16-6-4-3-5-7-16/h3-11,14,20H,2,12-13,15,29H2,1H3. The number of aromatic nitrogens is 2. The van der Waals surface area contributed by atoms with Crippen LogP contribution >= 0.6 is 0 Å². The molecule has 10 heteroatoms. The van der Waals surface area contributed by atoms with Gasteiger partial charge in [-0.05, 0) is 36.2 Å². The Labute approximate surface area is 193 Å². The molecule has 3 aromatic rings. The Kier molecular flexibility index (Phi) is 7.83. The molecule has 1 heterocycles. The number of hydrogen-bond acceptors (Lipinski definition) is 4. The van der Waals surface area contributed by atoms with Gasteiger partial charge in [-0.3, -0.25) is 14.2 Å². The van der Waals surface area contributed by atoms with Crippen LogP contribution < -0.4 is 11.3 Å². The van der Waals surface area contributed by atoms with Gasteiger partial charge in [0.1, 0.15) is 17.2 Å². The third kappa shape index (κ3) is 5.51. The van der Waals surface area contributed by atoms with Gasteiger partial charge < -0.3 is 10.6 Å². The maximum Gasteiger partial charge on any atom is 0.423 e. The summed E-state index contributed by atoms with van der Waals surface area (Å²) in [5, 5.41) is 0. The lowest BCUT2D eigenvalue weighted by molar-refractivity contribution is -0.139. The van der Waals surface area contributed by atoms with E-state index in [4.69, 9.17) is 5.73 Å². The van der Waals surface area contributed by atoms with Crippen LogP contribution in [0.5, 0.6) is 0 Å². The maximum atomic E-state index is 13.5. The summed E-state index contributed by atoms with van der Waals surface area (Å²) in [5.41, 5.74) is 3.85. The molecule has 0 saturated heterocycles. The van der Waals surface area contributed by atoms with E-state index in [1.165, 1.54) is 17.0 Å². The molecule has 2 aromatic carbocycles. The molecular formula is C24H24F4N4O2. The fraction of sp³-hybridized carbons (Fsp3) is 0.292. The van der Waals surface area contributed by atoms with E-state index in [2.05, 4.69) is 4.98 Å². The van der Waals surface area contributed by atoms with Crippen molar-refractivity contribution in [1.82, 2.24) is 14.5 Å². The molecule has 1 amide bonds. The number of alkyl halides is 3. The molecule has 2 N–H and O–H groups in total. The van der Waals surface area contributed by atoms with Gasteiger partial charge in [0.25, 0.3) is 11.5 Å². The van der Waals surface area contributed by atoms with Crippen LogP contribution in [0, 0.1) is 5.82 Å². The van der Waals surface area contributed by atoms with E-state index in [1.54, 1.807) is 37.3 Å². The van der Waals surface area contributed by atoms with Gasteiger partial charge in [-0.2, -0.15) is 13.2 Å². The first kappa shape index (κ1) is 25.1. The van der Waals surface area contributed by atoms with Gasteiger partial charge in [-0.25, -0.2) is 9.37 Å². The van der Waals surface area contributed by atoms with Gasteiger partial charge in [0.15, 0.2) is 0 Å². The van der Waals surface area contributed by atoms with Crippen molar-refractivity contribution in [1.29, 1.82) is 0 Å². The molecule has 1 unspecified atom stereocenters. The number of rotatable bonds is 8. The van der Waals surface area contributed by atoms with E-state index >= 15 is 0 Å². The van der Waals surface area contributed by atoms with E-state index in [9.17, 15) is 27.2 Å². The number of amides is 1. The highest BCUT2D eigenvalue weighted by molar-refractivity contribution is 5.94. The fourth-order valence-electron chi connectivity index (χ4n) is 3.72. The Morgan fingerprint density at radius 3 is 2.32 bits per heavy atom. The van der Waals surface area contributed by atoms with Crippen LogP contribution in [-0.4, -0.2) is 33.4 Å². The quantitative estimate of drug-likeness (QED) is 0.499. The van der Waals surface area contributed by atoms with Gasteiger partial charge in [0.2, 0.25) is 0 Å². The second-order valence-corrected chi connectivity index (χ2v) is 7.62. The van der Waals surface area contributed by atoms with Crippen molar-refractivity contribution in [3.05, 3.63) is 99.5 Å². The van der Waals surface area contributed by atoms with Gasteiger partial charge >= 0.3 is 6.18 Å². The van der Waals surface area contributed by atoms with E-state index in [0.717, 1.165) is 16.7 Å². The first-order valence-corrected chi connectivity index (χ1v) is 10.6. The average Bonchev–Trinajstić information content (AvgIpc) is 2.81. The number of carbonyl (C=O) groups excluding carboxylic acids is 1. The summed E-state index contributed by atoms with van der Waals surface area (Å²) in [4.78, 5) is 31.6. The maximum absolute atomic E-state index is 13.5. The minimum Gasteiger partial charge on any atom is -0.329 e. The van der Waals surface area contributed by atoms with E-state index in [1.807, 2.05) is 0 Å². The Bertz CT molecular complexity index is 1180. The fourth-order valence-corrected chi connectivity index (χ4v) is 3.72. The number of nitrogens with zero attached hydrogens (tertiary/aromatic N) is 3. The lowest BCUT2D eigenvalue weighted by Crippen LogP contribution is -2.42. The summed E-state index contributed by atoms with van der Waals surface area (Å²) < 4.78 is 54.7. The summed E-state index contributed by atoms with van der Waals surface area (Å²) >= 11 is 0. The zero-order chi connectivity index (χ0) is 24.9. The molecule has 0 radical (unpaired) electrons. The highest BCUT2D eigenvalue weighted by Gasteiger charge is 2.37. The van der Waals surface area contributed by atoms with Crippen molar-refractivity contribution in [2.45, 2.75) is 32.1 Å². The first-order valence-electron chi connectivity index (χ1n) is 10.6. The van der Waals surface area contributed by atoms with E-state index < -0.39 is 35.1 Å². The topological polar surface area (TPSA) is 81.2 Å². The molecule has 0 aliphatic heterocycles. The van der Waals surface area contributed by atoms with Crippen LogP contribution in [0.2, 0.25) is 0 Å². The minimum absolute atomic E-state index is 0.00765. The molecule has 0 bridgehead atoms. The monoisotopic (exact) mass is 476 g/mol. The molecule has 0 aliphatic rings. The van der Waals surface area contributed by atoms with Crippen LogP contribution in [0.3, 0.4) is 0 Å². The van der Waals surface area contributed by atoms with Crippen molar-refractivity contribution in [3.8, 4) is 0 Å². The smallest absolute Gasteiger partial charge is 0.329 e. The van der Waals surface area contributed by atoms with Gasteiger partial charge in [0, 0.05) is 24.8 Å². The molecule has 0 fully saturated rings. The highest BCUT2D eigenvalue weighted by Crippen LogP contribution is 2.29. The van der Waals surface area contributed by atoms with Crippen molar-refractivity contribution in [3.63, 3.8) is 0 Å². The number of hydrogen-bond donors (Lipinski definition) is 1. The van der Waals surface area contributed by atoms with Crippen molar-refractivity contribution in [2.24, 2.45) is 5.73 Å². The van der Waals surface area contributed by atoms with Crippen LogP contribution in [0.25, 0.3) is 0 Å². The number of benzene rings is 2. The third-order valence-electron chi connectivity index (χ3n) is 5.35. The largest absolute Gasteiger partial charge is 0.423 e. The molecule has 34 heavy (non-hydrogen) atoms. The van der Waals surface area contributed by atoms with Crippen LogP contribution in [-0.2, 0) is 12.7 Å². The summed E-state index contributed by atoms with van der Waals surface area (Å²) in [6.07, 6.45) is -4.13.